The molecular weight excluding hydrogens is 258 g/mol. The molecule has 0 radical (unpaired) electrons. The van der Waals surface area contributed by atoms with Gasteiger partial charge in [-0.05, 0) is 48.4 Å². The van der Waals surface area contributed by atoms with Crippen LogP contribution in [0.25, 0.3) is 0 Å². The Hall–Kier alpha value is -0.570. The number of fused-ring (bicyclic) bond motifs is 1. The molecule has 1 aliphatic rings. The van der Waals surface area contributed by atoms with Gasteiger partial charge in [0.1, 0.15) is 0 Å². The van der Waals surface area contributed by atoms with Gasteiger partial charge >= 0.3 is 0 Å². The molecule has 1 aromatic rings. The van der Waals surface area contributed by atoms with E-state index in [4.69, 9.17) is 16.3 Å². The topological polar surface area (TPSA) is 21.3 Å². The maximum absolute atomic E-state index is 6.15. The second-order valence-corrected chi connectivity index (χ2v) is 6.73. The molecule has 0 saturated carbocycles. The first-order chi connectivity index (χ1) is 8.94. The minimum atomic E-state index is 0.231. The van der Waals surface area contributed by atoms with E-state index in [-0.39, 0.29) is 5.41 Å². The van der Waals surface area contributed by atoms with Gasteiger partial charge in [-0.1, -0.05) is 31.5 Å². The minimum absolute atomic E-state index is 0.231. The molecule has 0 amide bonds. The molecule has 106 valence electrons. The summed E-state index contributed by atoms with van der Waals surface area (Å²) < 4.78 is 5.16. The van der Waals surface area contributed by atoms with Gasteiger partial charge < -0.3 is 10.1 Å². The van der Waals surface area contributed by atoms with Crippen molar-refractivity contribution < 1.29 is 4.74 Å². The third-order valence-corrected chi connectivity index (χ3v) is 4.29. The number of methoxy groups -OCH3 is 1. The summed E-state index contributed by atoms with van der Waals surface area (Å²) in [5.74, 6) is 0. The Morgan fingerprint density at radius 1 is 1.47 bits per heavy atom. The minimum Gasteiger partial charge on any atom is -0.385 e. The van der Waals surface area contributed by atoms with E-state index in [0.717, 1.165) is 24.5 Å². The van der Waals surface area contributed by atoms with Crippen LogP contribution < -0.4 is 5.32 Å². The molecule has 1 N–H and O–H groups in total. The lowest BCUT2D eigenvalue weighted by atomic mass is 9.85. The molecule has 2 atom stereocenters. The Morgan fingerprint density at radius 3 is 2.89 bits per heavy atom. The number of hydrogen-bond donors (Lipinski definition) is 1. The molecule has 0 saturated heterocycles. The molecule has 0 bridgehead atoms. The van der Waals surface area contributed by atoms with Gasteiger partial charge in [0.25, 0.3) is 0 Å². The van der Waals surface area contributed by atoms with Crippen molar-refractivity contribution >= 4 is 11.6 Å². The van der Waals surface area contributed by atoms with Crippen LogP contribution in [0.4, 0.5) is 0 Å². The van der Waals surface area contributed by atoms with Gasteiger partial charge in [-0.25, -0.2) is 0 Å². The summed E-state index contributed by atoms with van der Waals surface area (Å²) in [4.78, 5) is 0. The SMILES string of the molecule is COCCC(C)NC1c2cc(Cl)ccc2CC1(C)C. The maximum Gasteiger partial charge on any atom is 0.0476 e. The van der Waals surface area contributed by atoms with Crippen molar-refractivity contribution in [3.8, 4) is 0 Å². The Bertz CT molecular complexity index is 444. The van der Waals surface area contributed by atoms with Crippen molar-refractivity contribution in [1.29, 1.82) is 0 Å². The summed E-state index contributed by atoms with van der Waals surface area (Å²) in [6.45, 7) is 7.66. The van der Waals surface area contributed by atoms with Gasteiger partial charge in [0.15, 0.2) is 0 Å². The van der Waals surface area contributed by atoms with Gasteiger partial charge in [-0.3, -0.25) is 0 Å². The van der Waals surface area contributed by atoms with E-state index in [1.807, 2.05) is 6.07 Å². The van der Waals surface area contributed by atoms with Gasteiger partial charge in [-0.15, -0.1) is 0 Å². The summed E-state index contributed by atoms with van der Waals surface area (Å²) in [5, 5.41) is 4.58. The Morgan fingerprint density at radius 2 is 2.21 bits per heavy atom. The highest BCUT2D eigenvalue weighted by molar-refractivity contribution is 6.30. The summed E-state index contributed by atoms with van der Waals surface area (Å²) >= 11 is 6.15. The van der Waals surface area contributed by atoms with Crippen molar-refractivity contribution in [2.45, 2.75) is 45.7 Å². The average Bonchev–Trinajstić information content (AvgIpc) is 2.58. The molecule has 0 aromatic heterocycles. The van der Waals surface area contributed by atoms with Crippen molar-refractivity contribution in [2.75, 3.05) is 13.7 Å². The summed E-state index contributed by atoms with van der Waals surface area (Å²) in [6.07, 6.45) is 2.13. The number of ether oxygens (including phenoxy) is 1. The van der Waals surface area contributed by atoms with Gasteiger partial charge in [0.2, 0.25) is 0 Å². The van der Waals surface area contributed by atoms with Crippen LogP contribution in [-0.4, -0.2) is 19.8 Å². The predicted molar refractivity (Wildman–Crippen MR) is 80.8 cm³/mol. The zero-order valence-electron chi connectivity index (χ0n) is 12.3. The summed E-state index contributed by atoms with van der Waals surface area (Å²) in [6, 6.07) is 7.09. The predicted octanol–water partition coefficient (Wildman–Crippen LogP) is 3.98. The number of benzene rings is 1. The number of nitrogens with one attached hydrogen (secondary N) is 1. The van der Waals surface area contributed by atoms with Crippen molar-refractivity contribution in [3.63, 3.8) is 0 Å². The lowest BCUT2D eigenvalue weighted by Crippen LogP contribution is -2.37. The van der Waals surface area contributed by atoms with Crippen molar-refractivity contribution in [1.82, 2.24) is 5.32 Å². The van der Waals surface area contributed by atoms with Crippen LogP contribution in [0, 0.1) is 5.41 Å². The highest BCUT2D eigenvalue weighted by atomic mass is 35.5. The molecule has 0 heterocycles. The first kappa shape index (κ1) is 14.8. The molecule has 2 rings (SSSR count). The van der Waals surface area contributed by atoms with E-state index in [2.05, 4.69) is 38.2 Å². The van der Waals surface area contributed by atoms with Crippen LogP contribution in [-0.2, 0) is 11.2 Å². The quantitative estimate of drug-likeness (QED) is 0.881. The molecule has 0 spiro atoms. The van der Waals surface area contributed by atoms with E-state index >= 15 is 0 Å². The van der Waals surface area contributed by atoms with E-state index < -0.39 is 0 Å². The number of halogens is 1. The smallest absolute Gasteiger partial charge is 0.0476 e. The Balaban J connectivity index is 2.17. The fourth-order valence-electron chi connectivity index (χ4n) is 2.99. The van der Waals surface area contributed by atoms with E-state index in [1.54, 1.807) is 7.11 Å². The van der Waals surface area contributed by atoms with Gasteiger partial charge in [0, 0.05) is 30.8 Å². The fraction of sp³-hybridized carbons (Fsp3) is 0.625. The van der Waals surface area contributed by atoms with Crippen LogP contribution in [0.5, 0.6) is 0 Å². The maximum atomic E-state index is 6.15. The molecular formula is C16H24ClNO. The van der Waals surface area contributed by atoms with E-state index in [9.17, 15) is 0 Å². The Kier molecular flexibility index (Phi) is 4.54. The lowest BCUT2D eigenvalue weighted by Gasteiger charge is -2.31. The van der Waals surface area contributed by atoms with Crippen LogP contribution in [0.1, 0.15) is 44.4 Å². The molecule has 0 aliphatic heterocycles. The highest BCUT2D eigenvalue weighted by Gasteiger charge is 2.39. The molecule has 0 fully saturated rings. The fourth-order valence-corrected chi connectivity index (χ4v) is 3.17. The molecule has 19 heavy (non-hydrogen) atoms. The van der Waals surface area contributed by atoms with E-state index in [0.29, 0.717) is 12.1 Å². The summed E-state index contributed by atoms with van der Waals surface area (Å²) in [5.41, 5.74) is 3.02. The van der Waals surface area contributed by atoms with Crippen LogP contribution in [0.15, 0.2) is 18.2 Å². The standard InChI is InChI=1S/C16H24ClNO/c1-11(7-8-19-4)18-15-14-9-13(17)6-5-12(14)10-16(15,2)3/h5-6,9,11,15,18H,7-8,10H2,1-4H3. The van der Waals surface area contributed by atoms with Crippen LogP contribution in [0.2, 0.25) is 5.02 Å². The monoisotopic (exact) mass is 281 g/mol. The molecule has 1 aromatic carbocycles. The zero-order chi connectivity index (χ0) is 14.0. The van der Waals surface area contributed by atoms with Crippen molar-refractivity contribution in [3.05, 3.63) is 34.3 Å². The largest absolute Gasteiger partial charge is 0.385 e. The number of rotatable bonds is 5. The molecule has 3 heteroatoms. The molecule has 2 unspecified atom stereocenters. The molecule has 2 nitrogen and oxygen atoms in total. The third kappa shape index (κ3) is 3.31. The third-order valence-electron chi connectivity index (χ3n) is 4.05. The normalized spacial score (nSPS) is 22.3. The molecule has 1 aliphatic carbocycles. The first-order valence-corrected chi connectivity index (χ1v) is 7.35. The van der Waals surface area contributed by atoms with E-state index in [1.165, 1.54) is 11.1 Å². The van der Waals surface area contributed by atoms with Gasteiger partial charge in [0.05, 0.1) is 0 Å². The highest BCUT2D eigenvalue weighted by Crippen LogP contribution is 2.46. The second-order valence-electron chi connectivity index (χ2n) is 6.29. The second kappa shape index (κ2) is 5.82. The Labute approximate surface area is 121 Å². The summed E-state index contributed by atoms with van der Waals surface area (Å²) in [7, 11) is 1.75. The number of hydrogen-bond acceptors (Lipinski definition) is 2. The van der Waals surface area contributed by atoms with Crippen LogP contribution >= 0.6 is 11.6 Å². The zero-order valence-corrected chi connectivity index (χ0v) is 13.1. The average molecular weight is 282 g/mol. The van der Waals surface area contributed by atoms with Crippen LogP contribution in [0.3, 0.4) is 0 Å². The van der Waals surface area contributed by atoms with Gasteiger partial charge in [-0.2, -0.15) is 0 Å². The van der Waals surface area contributed by atoms with Crippen molar-refractivity contribution in [2.24, 2.45) is 5.41 Å². The first-order valence-electron chi connectivity index (χ1n) is 6.97. The lowest BCUT2D eigenvalue weighted by molar-refractivity contribution is 0.173.